The normalized spacial score (nSPS) is 10.9. The van der Waals surface area contributed by atoms with E-state index >= 15 is 0 Å². The summed E-state index contributed by atoms with van der Waals surface area (Å²) >= 11 is 0. The second kappa shape index (κ2) is 4.60. The summed E-state index contributed by atoms with van der Waals surface area (Å²) in [6.45, 7) is 2.08. The standard InChI is InChI=1S/C17H17NO2/c1-11-17(13-6-4-5-7-16(13)20-3)14-10-12(19)8-9-15(14)18(11)2/h4-10,19H,1-3H3. The van der Waals surface area contributed by atoms with Gasteiger partial charge >= 0.3 is 0 Å². The van der Waals surface area contributed by atoms with E-state index in [2.05, 4.69) is 11.5 Å². The zero-order valence-corrected chi connectivity index (χ0v) is 11.8. The van der Waals surface area contributed by atoms with Crippen molar-refractivity contribution in [2.45, 2.75) is 6.92 Å². The Labute approximate surface area is 118 Å². The number of aromatic hydroxyl groups is 1. The first-order valence-electron chi connectivity index (χ1n) is 6.55. The Balaban J connectivity index is 2.41. The molecule has 0 aliphatic heterocycles. The number of hydrogen-bond donors (Lipinski definition) is 1. The summed E-state index contributed by atoms with van der Waals surface area (Å²) in [6, 6.07) is 13.4. The van der Waals surface area contributed by atoms with Crippen LogP contribution in [0.3, 0.4) is 0 Å². The fraction of sp³-hybridized carbons (Fsp3) is 0.176. The number of rotatable bonds is 2. The zero-order valence-electron chi connectivity index (χ0n) is 11.8. The highest BCUT2D eigenvalue weighted by Crippen LogP contribution is 2.39. The molecule has 3 heteroatoms. The Hall–Kier alpha value is -2.42. The first kappa shape index (κ1) is 12.6. The lowest BCUT2D eigenvalue weighted by Crippen LogP contribution is -1.92. The number of methoxy groups -OCH3 is 1. The third-order valence-electron chi connectivity index (χ3n) is 3.85. The number of hydrogen-bond acceptors (Lipinski definition) is 2. The third-order valence-corrected chi connectivity index (χ3v) is 3.85. The summed E-state index contributed by atoms with van der Waals surface area (Å²) in [6.07, 6.45) is 0. The van der Waals surface area contributed by atoms with Crippen LogP contribution in [0.1, 0.15) is 5.69 Å². The van der Waals surface area contributed by atoms with Crippen molar-refractivity contribution in [3.05, 3.63) is 48.2 Å². The number of nitrogens with zero attached hydrogens (tertiary/aromatic N) is 1. The lowest BCUT2D eigenvalue weighted by molar-refractivity contribution is 0.416. The molecule has 0 unspecified atom stereocenters. The number of ether oxygens (including phenoxy) is 1. The lowest BCUT2D eigenvalue weighted by atomic mass is 10.0. The Kier molecular flexibility index (Phi) is 2.90. The minimum absolute atomic E-state index is 0.277. The molecule has 2 aromatic carbocycles. The van der Waals surface area contributed by atoms with Crippen LogP contribution in [-0.2, 0) is 7.05 Å². The van der Waals surface area contributed by atoms with E-state index in [1.54, 1.807) is 13.2 Å². The van der Waals surface area contributed by atoms with Crippen LogP contribution < -0.4 is 4.74 Å². The minimum atomic E-state index is 0.277. The van der Waals surface area contributed by atoms with Crippen molar-refractivity contribution < 1.29 is 9.84 Å². The zero-order chi connectivity index (χ0) is 14.3. The summed E-state index contributed by atoms with van der Waals surface area (Å²) < 4.78 is 7.61. The molecular weight excluding hydrogens is 250 g/mol. The van der Waals surface area contributed by atoms with Crippen molar-refractivity contribution in [2.75, 3.05) is 7.11 Å². The molecule has 0 atom stereocenters. The highest BCUT2D eigenvalue weighted by Gasteiger charge is 2.16. The predicted molar refractivity (Wildman–Crippen MR) is 81.3 cm³/mol. The summed E-state index contributed by atoms with van der Waals surface area (Å²) in [4.78, 5) is 0. The molecule has 0 saturated carbocycles. The average molecular weight is 267 g/mol. The lowest BCUT2D eigenvalue weighted by Gasteiger charge is -2.09. The van der Waals surface area contributed by atoms with E-state index in [1.807, 2.05) is 43.4 Å². The van der Waals surface area contributed by atoms with Crippen molar-refractivity contribution in [1.29, 1.82) is 0 Å². The van der Waals surface area contributed by atoms with Gasteiger partial charge in [0, 0.05) is 34.8 Å². The van der Waals surface area contributed by atoms with Crippen LogP contribution in [-0.4, -0.2) is 16.8 Å². The molecule has 102 valence electrons. The van der Waals surface area contributed by atoms with Gasteiger partial charge < -0.3 is 14.4 Å². The maximum Gasteiger partial charge on any atom is 0.126 e. The van der Waals surface area contributed by atoms with Gasteiger partial charge in [0.15, 0.2) is 0 Å². The van der Waals surface area contributed by atoms with Crippen LogP contribution in [0.2, 0.25) is 0 Å². The SMILES string of the molecule is COc1ccccc1-c1c(C)n(C)c2ccc(O)cc12. The first-order chi connectivity index (χ1) is 9.63. The summed E-state index contributed by atoms with van der Waals surface area (Å²) in [5.41, 5.74) is 4.40. The number of phenols is 1. The van der Waals surface area contributed by atoms with Crippen molar-refractivity contribution in [1.82, 2.24) is 4.57 Å². The fourth-order valence-electron chi connectivity index (χ4n) is 2.75. The van der Waals surface area contributed by atoms with E-state index in [9.17, 15) is 5.11 Å². The van der Waals surface area contributed by atoms with Crippen molar-refractivity contribution in [3.63, 3.8) is 0 Å². The average Bonchev–Trinajstić information content (AvgIpc) is 2.70. The summed E-state index contributed by atoms with van der Waals surface area (Å²) in [5, 5.41) is 10.8. The third kappa shape index (κ3) is 1.74. The highest BCUT2D eigenvalue weighted by atomic mass is 16.5. The largest absolute Gasteiger partial charge is 0.508 e. The smallest absolute Gasteiger partial charge is 0.126 e. The maximum absolute atomic E-state index is 9.79. The second-order valence-electron chi connectivity index (χ2n) is 4.92. The van der Waals surface area contributed by atoms with E-state index in [0.717, 1.165) is 33.5 Å². The second-order valence-corrected chi connectivity index (χ2v) is 4.92. The van der Waals surface area contributed by atoms with Gasteiger partial charge in [0.05, 0.1) is 7.11 Å². The molecule has 1 N–H and O–H groups in total. The van der Waals surface area contributed by atoms with Gasteiger partial charge in [-0.05, 0) is 31.2 Å². The molecule has 3 nitrogen and oxygen atoms in total. The number of aryl methyl sites for hydroxylation is 1. The molecule has 1 aromatic heterocycles. The number of fused-ring (bicyclic) bond motifs is 1. The van der Waals surface area contributed by atoms with Crippen molar-refractivity contribution in [3.8, 4) is 22.6 Å². The van der Waals surface area contributed by atoms with Gasteiger partial charge in [-0.15, -0.1) is 0 Å². The quantitative estimate of drug-likeness (QED) is 0.765. The van der Waals surface area contributed by atoms with Gasteiger partial charge in [0.1, 0.15) is 11.5 Å². The molecule has 0 spiro atoms. The van der Waals surface area contributed by atoms with Gasteiger partial charge in [-0.1, -0.05) is 18.2 Å². The molecule has 0 aliphatic carbocycles. The van der Waals surface area contributed by atoms with Gasteiger partial charge in [-0.2, -0.15) is 0 Å². The van der Waals surface area contributed by atoms with E-state index in [1.165, 1.54) is 0 Å². The molecular formula is C17H17NO2. The molecule has 20 heavy (non-hydrogen) atoms. The monoisotopic (exact) mass is 267 g/mol. The number of benzene rings is 2. The van der Waals surface area contributed by atoms with Crippen LogP contribution in [0.25, 0.3) is 22.0 Å². The molecule has 0 radical (unpaired) electrons. The molecule has 0 bridgehead atoms. The van der Waals surface area contributed by atoms with Crippen molar-refractivity contribution >= 4 is 10.9 Å². The number of phenolic OH excluding ortho intramolecular Hbond substituents is 1. The molecule has 0 saturated heterocycles. The van der Waals surface area contributed by atoms with E-state index in [4.69, 9.17) is 4.74 Å². The van der Waals surface area contributed by atoms with Crippen molar-refractivity contribution in [2.24, 2.45) is 7.05 Å². The first-order valence-corrected chi connectivity index (χ1v) is 6.55. The van der Waals surface area contributed by atoms with E-state index < -0.39 is 0 Å². The van der Waals surface area contributed by atoms with Crippen LogP contribution in [0, 0.1) is 6.92 Å². The Bertz CT molecular complexity index is 787. The molecule has 0 fully saturated rings. The molecule has 3 rings (SSSR count). The van der Waals surface area contributed by atoms with Gasteiger partial charge in [0.25, 0.3) is 0 Å². The topological polar surface area (TPSA) is 34.4 Å². The predicted octanol–water partition coefficient (Wildman–Crippen LogP) is 3.87. The molecule has 3 aromatic rings. The Morgan fingerprint density at radius 1 is 1.10 bits per heavy atom. The molecule has 0 amide bonds. The Morgan fingerprint density at radius 3 is 2.60 bits per heavy atom. The summed E-state index contributed by atoms with van der Waals surface area (Å²) in [7, 11) is 3.71. The van der Waals surface area contributed by atoms with Crippen LogP contribution in [0.4, 0.5) is 0 Å². The number of aromatic nitrogens is 1. The van der Waals surface area contributed by atoms with Crippen LogP contribution in [0.15, 0.2) is 42.5 Å². The maximum atomic E-state index is 9.79. The minimum Gasteiger partial charge on any atom is -0.508 e. The van der Waals surface area contributed by atoms with Crippen LogP contribution in [0.5, 0.6) is 11.5 Å². The fourth-order valence-corrected chi connectivity index (χ4v) is 2.75. The Morgan fingerprint density at radius 2 is 1.85 bits per heavy atom. The van der Waals surface area contributed by atoms with Crippen LogP contribution >= 0.6 is 0 Å². The van der Waals surface area contributed by atoms with Gasteiger partial charge in [-0.3, -0.25) is 0 Å². The van der Waals surface area contributed by atoms with Gasteiger partial charge in [-0.25, -0.2) is 0 Å². The highest BCUT2D eigenvalue weighted by molar-refractivity contribution is 6.00. The molecule has 1 heterocycles. The number of para-hydroxylation sites is 1. The van der Waals surface area contributed by atoms with E-state index in [-0.39, 0.29) is 5.75 Å². The molecule has 0 aliphatic rings. The van der Waals surface area contributed by atoms with Gasteiger partial charge in [0.2, 0.25) is 0 Å². The summed E-state index contributed by atoms with van der Waals surface area (Å²) in [5.74, 6) is 1.12. The van der Waals surface area contributed by atoms with E-state index in [0.29, 0.717) is 0 Å².